The number of aliphatic carboxylic acids is 1. The van der Waals surface area contributed by atoms with Gasteiger partial charge in [-0.3, -0.25) is 9.59 Å². The Hall–Kier alpha value is -1.88. The Morgan fingerprint density at radius 3 is 2.90 bits per heavy atom. The highest BCUT2D eigenvalue weighted by Crippen LogP contribution is 2.14. The van der Waals surface area contributed by atoms with Crippen molar-refractivity contribution in [2.45, 2.75) is 38.1 Å². The second-order valence-electron chi connectivity index (χ2n) is 5.09. The molecule has 1 aliphatic heterocycles. The quantitative estimate of drug-likeness (QED) is 0.766. The number of carboxylic acids is 1. The van der Waals surface area contributed by atoms with Gasteiger partial charge in [0.2, 0.25) is 5.91 Å². The molecule has 5 nitrogen and oxygen atoms in total. The minimum absolute atomic E-state index is 0.0138. The van der Waals surface area contributed by atoms with Crippen LogP contribution in [0.15, 0.2) is 24.3 Å². The third kappa shape index (κ3) is 4.35. The van der Waals surface area contributed by atoms with E-state index in [0.29, 0.717) is 6.42 Å². The van der Waals surface area contributed by atoms with E-state index < -0.39 is 5.97 Å². The molecular formula is C15H20N2O3. The van der Waals surface area contributed by atoms with Crippen LogP contribution in [-0.4, -0.2) is 29.6 Å². The third-order valence-corrected chi connectivity index (χ3v) is 3.45. The topological polar surface area (TPSA) is 78.4 Å². The maximum absolute atomic E-state index is 12.1. The monoisotopic (exact) mass is 276 g/mol. The minimum Gasteiger partial charge on any atom is -0.481 e. The largest absolute Gasteiger partial charge is 0.481 e. The van der Waals surface area contributed by atoms with Gasteiger partial charge in [0.1, 0.15) is 0 Å². The van der Waals surface area contributed by atoms with Crippen LogP contribution in [0.2, 0.25) is 0 Å². The van der Waals surface area contributed by atoms with Crippen molar-refractivity contribution in [3.63, 3.8) is 0 Å². The lowest BCUT2D eigenvalue weighted by Crippen LogP contribution is -2.43. The fourth-order valence-electron chi connectivity index (χ4n) is 2.36. The van der Waals surface area contributed by atoms with E-state index in [1.807, 2.05) is 24.3 Å². The third-order valence-electron chi connectivity index (χ3n) is 3.45. The molecule has 108 valence electrons. The van der Waals surface area contributed by atoms with E-state index in [-0.39, 0.29) is 18.4 Å². The zero-order valence-corrected chi connectivity index (χ0v) is 11.4. The summed E-state index contributed by atoms with van der Waals surface area (Å²) in [6.07, 6.45) is 3.63. The second kappa shape index (κ2) is 7.05. The molecule has 0 unspecified atom stereocenters. The molecule has 1 amide bonds. The first kappa shape index (κ1) is 14.5. The van der Waals surface area contributed by atoms with Crippen molar-refractivity contribution in [2.24, 2.45) is 0 Å². The molecule has 0 spiro atoms. The lowest BCUT2D eigenvalue weighted by Gasteiger charge is -2.22. The van der Waals surface area contributed by atoms with E-state index in [9.17, 15) is 9.59 Å². The molecule has 2 rings (SSSR count). The zero-order chi connectivity index (χ0) is 14.4. The maximum Gasteiger partial charge on any atom is 0.303 e. The molecule has 0 bridgehead atoms. The van der Waals surface area contributed by atoms with Gasteiger partial charge < -0.3 is 15.7 Å². The Morgan fingerprint density at radius 1 is 1.35 bits per heavy atom. The van der Waals surface area contributed by atoms with Gasteiger partial charge in [0.25, 0.3) is 0 Å². The molecular weight excluding hydrogens is 256 g/mol. The first-order valence-electron chi connectivity index (χ1n) is 7.00. The Bertz CT molecular complexity index is 482. The number of carboxylic acid groups (broad SMARTS) is 1. The maximum atomic E-state index is 12.1. The Balaban J connectivity index is 1.93. The second-order valence-corrected chi connectivity index (χ2v) is 5.09. The molecule has 1 saturated heterocycles. The van der Waals surface area contributed by atoms with Gasteiger partial charge in [0, 0.05) is 12.1 Å². The van der Waals surface area contributed by atoms with Gasteiger partial charge in [0.15, 0.2) is 0 Å². The number of hydrogen-bond acceptors (Lipinski definition) is 3. The van der Waals surface area contributed by atoms with Crippen molar-refractivity contribution in [2.75, 3.05) is 11.9 Å². The van der Waals surface area contributed by atoms with Crippen molar-refractivity contribution >= 4 is 17.6 Å². The van der Waals surface area contributed by atoms with Gasteiger partial charge in [-0.25, -0.2) is 0 Å². The van der Waals surface area contributed by atoms with E-state index in [0.717, 1.165) is 37.1 Å². The molecule has 1 aliphatic rings. The molecule has 0 aromatic heterocycles. The summed E-state index contributed by atoms with van der Waals surface area (Å²) < 4.78 is 0. The number of carbonyl (C=O) groups is 2. The molecule has 20 heavy (non-hydrogen) atoms. The summed E-state index contributed by atoms with van der Waals surface area (Å²) in [4.78, 5) is 22.6. The highest BCUT2D eigenvalue weighted by molar-refractivity contribution is 5.94. The molecule has 0 radical (unpaired) electrons. The first-order valence-corrected chi connectivity index (χ1v) is 7.00. The summed E-state index contributed by atoms with van der Waals surface area (Å²) in [6, 6.07) is 7.25. The Labute approximate surface area is 118 Å². The van der Waals surface area contributed by atoms with Crippen LogP contribution in [0.3, 0.4) is 0 Å². The average Bonchev–Trinajstić information content (AvgIpc) is 2.46. The van der Waals surface area contributed by atoms with E-state index in [1.165, 1.54) is 0 Å². The highest BCUT2D eigenvalue weighted by Gasteiger charge is 2.20. The fourth-order valence-corrected chi connectivity index (χ4v) is 2.36. The lowest BCUT2D eigenvalue weighted by molar-refractivity contribution is -0.137. The van der Waals surface area contributed by atoms with Crippen molar-refractivity contribution < 1.29 is 14.7 Å². The summed E-state index contributed by atoms with van der Waals surface area (Å²) >= 11 is 0. The molecule has 0 aliphatic carbocycles. The van der Waals surface area contributed by atoms with Gasteiger partial charge in [-0.1, -0.05) is 18.6 Å². The lowest BCUT2D eigenvalue weighted by atomic mass is 10.0. The number of anilines is 1. The Morgan fingerprint density at radius 2 is 2.20 bits per heavy atom. The highest BCUT2D eigenvalue weighted by atomic mass is 16.4. The van der Waals surface area contributed by atoms with Gasteiger partial charge in [-0.05, 0) is 43.5 Å². The number of benzene rings is 1. The summed E-state index contributed by atoms with van der Waals surface area (Å²) in [5.41, 5.74) is 1.65. The molecule has 1 atom stereocenters. The first-order chi connectivity index (χ1) is 9.65. The minimum atomic E-state index is -0.814. The van der Waals surface area contributed by atoms with E-state index in [2.05, 4.69) is 10.6 Å². The standard InChI is InChI=1S/C15H20N2O3/c18-14(19)8-7-11-4-3-5-12(10-11)17-15(20)13-6-1-2-9-16-13/h3-5,10,13,16H,1-2,6-9H2,(H,17,20)(H,18,19)/t13-/m1/s1. The van der Waals surface area contributed by atoms with Crippen LogP contribution in [0.1, 0.15) is 31.2 Å². The summed E-state index contributed by atoms with van der Waals surface area (Å²) in [5.74, 6) is -0.828. The van der Waals surface area contributed by atoms with Crippen LogP contribution in [0.25, 0.3) is 0 Å². The van der Waals surface area contributed by atoms with Gasteiger partial charge >= 0.3 is 5.97 Å². The van der Waals surface area contributed by atoms with Crippen LogP contribution < -0.4 is 10.6 Å². The molecule has 1 aromatic rings. The molecule has 1 aromatic carbocycles. The van der Waals surface area contributed by atoms with Crippen molar-refractivity contribution in [1.29, 1.82) is 0 Å². The molecule has 3 N–H and O–H groups in total. The van der Waals surface area contributed by atoms with E-state index in [1.54, 1.807) is 0 Å². The summed E-state index contributed by atoms with van der Waals surface area (Å²) in [5, 5.41) is 14.8. The predicted octanol–water partition coefficient (Wildman–Crippen LogP) is 1.78. The van der Waals surface area contributed by atoms with Crippen LogP contribution in [-0.2, 0) is 16.0 Å². The summed E-state index contributed by atoms with van der Waals surface area (Å²) in [7, 11) is 0. The van der Waals surface area contributed by atoms with Crippen LogP contribution in [0.5, 0.6) is 0 Å². The molecule has 5 heteroatoms. The van der Waals surface area contributed by atoms with Crippen LogP contribution in [0.4, 0.5) is 5.69 Å². The number of aryl methyl sites for hydroxylation is 1. The van der Waals surface area contributed by atoms with Gasteiger partial charge in [-0.15, -0.1) is 0 Å². The number of carbonyl (C=O) groups excluding carboxylic acids is 1. The molecule has 1 heterocycles. The number of piperidine rings is 1. The molecule has 0 saturated carbocycles. The van der Waals surface area contributed by atoms with Gasteiger partial charge in [0.05, 0.1) is 6.04 Å². The smallest absolute Gasteiger partial charge is 0.303 e. The summed E-state index contributed by atoms with van der Waals surface area (Å²) in [6.45, 7) is 0.886. The fraction of sp³-hybridized carbons (Fsp3) is 0.467. The number of amides is 1. The zero-order valence-electron chi connectivity index (χ0n) is 11.4. The van der Waals surface area contributed by atoms with Crippen molar-refractivity contribution in [3.8, 4) is 0 Å². The average molecular weight is 276 g/mol. The number of rotatable bonds is 5. The predicted molar refractivity (Wildman–Crippen MR) is 76.7 cm³/mol. The van der Waals surface area contributed by atoms with Crippen molar-refractivity contribution in [3.05, 3.63) is 29.8 Å². The van der Waals surface area contributed by atoms with Crippen LogP contribution >= 0.6 is 0 Å². The Kier molecular flexibility index (Phi) is 5.12. The number of hydrogen-bond donors (Lipinski definition) is 3. The van der Waals surface area contributed by atoms with E-state index >= 15 is 0 Å². The van der Waals surface area contributed by atoms with Crippen molar-refractivity contribution in [1.82, 2.24) is 5.32 Å². The normalized spacial score (nSPS) is 18.5. The van der Waals surface area contributed by atoms with E-state index in [4.69, 9.17) is 5.11 Å². The van der Waals surface area contributed by atoms with Gasteiger partial charge in [-0.2, -0.15) is 0 Å². The number of nitrogens with one attached hydrogen (secondary N) is 2. The molecule has 1 fully saturated rings. The van der Waals surface area contributed by atoms with Crippen LogP contribution in [0, 0.1) is 0 Å². The SMILES string of the molecule is O=C(O)CCc1cccc(NC(=O)[C@H]2CCCCN2)c1.